The molecule has 0 unspecified atom stereocenters. The number of anilines is 1. The van der Waals surface area contributed by atoms with Gasteiger partial charge in [0, 0.05) is 14.1 Å². The van der Waals surface area contributed by atoms with Crippen molar-refractivity contribution in [2.75, 3.05) is 17.5 Å². The van der Waals surface area contributed by atoms with Crippen molar-refractivity contribution in [3.63, 3.8) is 0 Å². The van der Waals surface area contributed by atoms with E-state index in [4.69, 9.17) is 4.74 Å². The van der Waals surface area contributed by atoms with Crippen LogP contribution in [-0.2, 0) is 33.7 Å². The van der Waals surface area contributed by atoms with Crippen LogP contribution in [0.1, 0.15) is 6.92 Å². The van der Waals surface area contributed by atoms with E-state index >= 15 is 0 Å². The van der Waals surface area contributed by atoms with Crippen LogP contribution < -0.4 is 9.99 Å². The number of carbonyl (C=O) groups is 1. The monoisotopic (exact) mass is 421 g/mol. The van der Waals surface area contributed by atoms with Crippen LogP contribution in [0.4, 0.5) is 10.1 Å². The van der Waals surface area contributed by atoms with Crippen LogP contribution in [0.15, 0.2) is 52.2 Å². The van der Waals surface area contributed by atoms with E-state index in [0.29, 0.717) is 11.0 Å². The number of imidazole rings is 1. The Hall–Kier alpha value is -3.14. The van der Waals surface area contributed by atoms with Crippen molar-refractivity contribution in [2.24, 2.45) is 14.1 Å². The number of aryl methyl sites for hydroxylation is 2. The van der Waals surface area contributed by atoms with Gasteiger partial charge in [0.1, 0.15) is 12.4 Å². The van der Waals surface area contributed by atoms with E-state index in [1.54, 1.807) is 14.0 Å². The molecule has 0 aliphatic heterocycles. The van der Waals surface area contributed by atoms with E-state index in [1.807, 2.05) is 0 Å². The van der Waals surface area contributed by atoms with Crippen LogP contribution in [0, 0.1) is 5.82 Å². The maximum absolute atomic E-state index is 13.3. The lowest BCUT2D eigenvalue weighted by atomic mass is 10.3. The van der Waals surface area contributed by atoms with Gasteiger partial charge < -0.3 is 4.74 Å². The van der Waals surface area contributed by atoms with Gasteiger partial charge in [0.15, 0.2) is 0 Å². The normalized spacial score (nSPS) is 11.6. The highest BCUT2D eigenvalue weighted by molar-refractivity contribution is 7.92. The minimum atomic E-state index is -4.21. The predicted molar refractivity (Wildman–Crippen MR) is 106 cm³/mol. The van der Waals surface area contributed by atoms with Gasteiger partial charge in [0.05, 0.1) is 28.2 Å². The number of halogens is 1. The minimum absolute atomic E-state index is 0.0915. The van der Waals surface area contributed by atoms with Crippen molar-refractivity contribution >= 4 is 32.7 Å². The number of fused-ring (bicyclic) bond motifs is 1. The zero-order valence-electron chi connectivity index (χ0n) is 16.1. The van der Waals surface area contributed by atoms with Gasteiger partial charge in [-0.2, -0.15) is 0 Å². The van der Waals surface area contributed by atoms with E-state index in [2.05, 4.69) is 0 Å². The molecule has 0 spiro atoms. The Morgan fingerprint density at radius 3 is 2.31 bits per heavy atom. The first-order valence-electron chi connectivity index (χ1n) is 8.76. The maximum atomic E-state index is 13.3. The highest BCUT2D eigenvalue weighted by Crippen LogP contribution is 2.26. The van der Waals surface area contributed by atoms with Gasteiger partial charge >= 0.3 is 11.7 Å². The number of hydrogen-bond donors (Lipinski definition) is 0. The molecule has 0 aliphatic rings. The van der Waals surface area contributed by atoms with Crippen molar-refractivity contribution in [2.45, 2.75) is 11.8 Å². The highest BCUT2D eigenvalue weighted by atomic mass is 32.2. The van der Waals surface area contributed by atoms with Gasteiger partial charge in [-0.25, -0.2) is 17.6 Å². The number of rotatable bonds is 6. The molecule has 2 aromatic carbocycles. The number of sulfonamides is 1. The molecule has 0 bridgehead atoms. The third-order valence-corrected chi connectivity index (χ3v) is 6.29. The molecule has 1 aromatic heterocycles. The second-order valence-corrected chi connectivity index (χ2v) is 8.21. The Kier molecular flexibility index (Phi) is 5.47. The summed E-state index contributed by atoms with van der Waals surface area (Å²) < 4.78 is 48.5. The van der Waals surface area contributed by atoms with Crippen molar-refractivity contribution in [3.8, 4) is 0 Å². The largest absolute Gasteiger partial charge is 0.465 e. The lowest BCUT2D eigenvalue weighted by Crippen LogP contribution is -2.36. The van der Waals surface area contributed by atoms with Crippen LogP contribution in [0.5, 0.6) is 0 Å². The third kappa shape index (κ3) is 3.75. The van der Waals surface area contributed by atoms with Crippen molar-refractivity contribution in [1.82, 2.24) is 9.13 Å². The van der Waals surface area contributed by atoms with E-state index in [-0.39, 0.29) is 22.9 Å². The van der Waals surface area contributed by atoms with Gasteiger partial charge in [0.25, 0.3) is 10.0 Å². The Bertz CT molecular complexity index is 1230. The summed E-state index contributed by atoms with van der Waals surface area (Å²) in [7, 11) is -1.08. The number of aromatic nitrogens is 2. The predicted octanol–water partition coefficient (Wildman–Crippen LogP) is 1.77. The molecular weight excluding hydrogens is 401 g/mol. The first-order chi connectivity index (χ1) is 13.7. The SMILES string of the molecule is CCOC(=O)CN(c1ccc(F)cc1)S(=O)(=O)c1ccc2c(c1)n(C)c(=O)n2C. The topological polar surface area (TPSA) is 90.6 Å². The van der Waals surface area contributed by atoms with Gasteiger partial charge in [-0.1, -0.05) is 0 Å². The average Bonchev–Trinajstić information content (AvgIpc) is 2.91. The molecule has 0 saturated carbocycles. The van der Waals surface area contributed by atoms with E-state index in [9.17, 15) is 22.4 Å². The fourth-order valence-electron chi connectivity index (χ4n) is 3.02. The lowest BCUT2D eigenvalue weighted by Gasteiger charge is -2.23. The van der Waals surface area contributed by atoms with Gasteiger partial charge in [-0.15, -0.1) is 0 Å². The summed E-state index contributed by atoms with van der Waals surface area (Å²) in [5.74, 6) is -1.28. The Morgan fingerprint density at radius 1 is 1.07 bits per heavy atom. The summed E-state index contributed by atoms with van der Waals surface area (Å²) in [6.07, 6.45) is 0. The zero-order valence-corrected chi connectivity index (χ0v) is 16.9. The number of ether oxygens (including phenoxy) is 1. The van der Waals surface area contributed by atoms with Crippen LogP contribution in [-0.4, -0.2) is 36.7 Å². The standard InChI is InChI=1S/C19H20FN3O5S/c1-4-28-18(24)12-23(14-7-5-13(20)6-8-14)29(26,27)15-9-10-16-17(11-15)22(3)19(25)21(16)2/h5-11H,4,12H2,1-3H3. The van der Waals surface area contributed by atoms with Crippen LogP contribution in [0.25, 0.3) is 11.0 Å². The zero-order chi connectivity index (χ0) is 21.3. The van der Waals surface area contributed by atoms with Crippen LogP contribution >= 0.6 is 0 Å². The molecule has 0 aliphatic carbocycles. The molecule has 3 rings (SSSR count). The fourth-order valence-corrected chi connectivity index (χ4v) is 4.45. The molecule has 0 atom stereocenters. The Balaban J connectivity index is 2.14. The molecule has 8 nitrogen and oxygen atoms in total. The quantitative estimate of drug-likeness (QED) is 0.566. The smallest absolute Gasteiger partial charge is 0.328 e. The summed E-state index contributed by atoms with van der Waals surface area (Å²) in [5.41, 5.74) is 0.807. The lowest BCUT2D eigenvalue weighted by molar-refractivity contribution is -0.141. The molecular formula is C19H20FN3O5S. The second-order valence-electron chi connectivity index (χ2n) is 6.34. The second kappa shape index (κ2) is 7.70. The minimum Gasteiger partial charge on any atom is -0.465 e. The number of nitrogens with zero attached hydrogens (tertiary/aromatic N) is 3. The molecule has 10 heteroatoms. The van der Waals surface area contributed by atoms with Gasteiger partial charge in [-0.05, 0) is 49.4 Å². The highest BCUT2D eigenvalue weighted by Gasteiger charge is 2.28. The summed E-state index contributed by atoms with van der Waals surface area (Å²) >= 11 is 0. The fraction of sp³-hybridized carbons (Fsp3) is 0.263. The molecule has 154 valence electrons. The average molecular weight is 421 g/mol. The Labute approximate surface area is 166 Å². The van der Waals surface area contributed by atoms with Crippen molar-refractivity contribution in [3.05, 3.63) is 58.8 Å². The molecule has 0 radical (unpaired) electrons. The van der Waals surface area contributed by atoms with Gasteiger partial charge in [-0.3, -0.25) is 18.2 Å². The molecule has 29 heavy (non-hydrogen) atoms. The van der Waals surface area contributed by atoms with E-state index < -0.39 is 28.4 Å². The molecule has 0 N–H and O–H groups in total. The van der Waals surface area contributed by atoms with Crippen LogP contribution in [0.2, 0.25) is 0 Å². The third-order valence-electron chi connectivity index (χ3n) is 4.52. The molecule has 3 aromatic rings. The van der Waals surface area contributed by atoms with E-state index in [0.717, 1.165) is 16.4 Å². The van der Waals surface area contributed by atoms with Crippen LogP contribution in [0.3, 0.4) is 0 Å². The van der Waals surface area contributed by atoms with E-state index in [1.165, 1.54) is 46.5 Å². The molecule has 1 heterocycles. The summed E-state index contributed by atoms with van der Waals surface area (Å²) in [5, 5.41) is 0. The summed E-state index contributed by atoms with van der Waals surface area (Å²) in [6.45, 7) is 1.13. The summed E-state index contributed by atoms with van der Waals surface area (Å²) in [4.78, 5) is 24.0. The number of esters is 1. The maximum Gasteiger partial charge on any atom is 0.328 e. The number of hydrogen-bond acceptors (Lipinski definition) is 5. The van der Waals surface area contributed by atoms with Gasteiger partial charge in [0.2, 0.25) is 0 Å². The summed E-state index contributed by atoms with van der Waals surface area (Å²) in [6, 6.07) is 9.00. The molecule has 0 fully saturated rings. The number of benzene rings is 2. The van der Waals surface area contributed by atoms with Crippen molar-refractivity contribution in [1.29, 1.82) is 0 Å². The Morgan fingerprint density at radius 2 is 1.69 bits per heavy atom. The molecule has 0 saturated heterocycles. The van der Waals surface area contributed by atoms with Crippen molar-refractivity contribution < 1.29 is 22.3 Å². The first-order valence-corrected chi connectivity index (χ1v) is 10.2. The molecule has 0 amide bonds. The first kappa shape index (κ1) is 20.6. The number of carbonyl (C=O) groups excluding carboxylic acids is 1.